The fourth-order valence-electron chi connectivity index (χ4n) is 2.02. The number of carbonyl (C=O) groups is 1. The summed E-state index contributed by atoms with van der Waals surface area (Å²) in [5.74, 6) is 0.886. The molecule has 0 saturated heterocycles. The third kappa shape index (κ3) is 4.05. The van der Waals surface area contributed by atoms with E-state index in [0.717, 1.165) is 20.6 Å². The van der Waals surface area contributed by atoms with Gasteiger partial charge in [-0.15, -0.1) is 21.5 Å². The molecule has 2 heterocycles. The first kappa shape index (κ1) is 15.9. The normalized spacial score (nSPS) is 10.7. The molecule has 5 nitrogen and oxygen atoms in total. The number of thiophene rings is 1. The van der Waals surface area contributed by atoms with E-state index >= 15 is 0 Å². The van der Waals surface area contributed by atoms with Crippen LogP contribution in [0.2, 0.25) is 0 Å². The van der Waals surface area contributed by atoms with Crippen molar-refractivity contribution >= 4 is 38.9 Å². The highest BCUT2D eigenvalue weighted by molar-refractivity contribution is 9.10. The molecule has 2 aromatic heterocycles. The second-order valence-electron chi connectivity index (χ2n) is 4.99. The lowest BCUT2D eigenvalue weighted by molar-refractivity contribution is -0.116. The molecule has 0 aliphatic heterocycles. The molecule has 3 rings (SSSR count). The van der Waals surface area contributed by atoms with Gasteiger partial charge in [-0.2, -0.15) is 0 Å². The molecule has 0 spiro atoms. The smallest absolute Gasteiger partial charge is 0.257 e. The molecule has 0 bridgehead atoms. The van der Waals surface area contributed by atoms with Crippen LogP contribution < -0.4 is 5.32 Å². The average Bonchev–Trinajstić information content (AvgIpc) is 3.19. The van der Waals surface area contributed by atoms with Gasteiger partial charge in [-0.25, -0.2) is 0 Å². The molecule has 0 radical (unpaired) electrons. The van der Waals surface area contributed by atoms with Crippen LogP contribution in [0.3, 0.4) is 0 Å². The third-order valence-corrected chi connectivity index (χ3v) is 4.95. The number of hydrogen-bond acceptors (Lipinski definition) is 5. The number of nitrogens with one attached hydrogen (secondary N) is 1. The van der Waals surface area contributed by atoms with Crippen molar-refractivity contribution in [2.75, 3.05) is 5.32 Å². The lowest BCUT2D eigenvalue weighted by Gasteiger charge is -2.06. The fraction of sp³-hybridized carbons (Fsp3) is 0.188. The summed E-state index contributed by atoms with van der Waals surface area (Å²) in [4.78, 5) is 12.9. The maximum absolute atomic E-state index is 12.0. The first-order valence-corrected chi connectivity index (χ1v) is 8.71. The highest BCUT2D eigenvalue weighted by Gasteiger charge is 2.11. The summed E-state index contributed by atoms with van der Waals surface area (Å²) < 4.78 is 6.58. The zero-order valence-corrected chi connectivity index (χ0v) is 14.8. The molecular formula is C16H14BrN3O2S. The summed E-state index contributed by atoms with van der Waals surface area (Å²) in [5.41, 5.74) is 1.85. The van der Waals surface area contributed by atoms with Gasteiger partial charge in [-0.1, -0.05) is 22.0 Å². The Morgan fingerprint density at radius 3 is 2.96 bits per heavy atom. The predicted octanol–water partition coefficient (Wildman–Crippen LogP) is 4.44. The van der Waals surface area contributed by atoms with Crippen molar-refractivity contribution in [1.29, 1.82) is 0 Å². The van der Waals surface area contributed by atoms with Crippen molar-refractivity contribution in [3.63, 3.8) is 0 Å². The van der Waals surface area contributed by atoms with Gasteiger partial charge in [-0.3, -0.25) is 4.79 Å². The zero-order valence-electron chi connectivity index (χ0n) is 12.4. The van der Waals surface area contributed by atoms with Crippen molar-refractivity contribution in [1.82, 2.24) is 10.2 Å². The Balaban J connectivity index is 1.55. The number of nitrogens with zero attached hydrogens (tertiary/aromatic N) is 2. The van der Waals surface area contributed by atoms with E-state index < -0.39 is 0 Å². The Kier molecular flexibility index (Phi) is 4.88. The molecule has 1 amide bonds. The van der Waals surface area contributed by atoms with Crippen LogP contribution in [-0.4, -0.2) is 16.1 Å². The molecule has 0 aliphatic rings. The number of rotatable bonds is 5. The van der Waals surface area contributed by atoms with Gasteiger partial charge in [-0.05, 0) is 42.1 Å². The Labute approximate surface area is 145 Å². The van der Waals surface area contributed by atoms with Gasteiger partial charge < -0.3 is 9.73 Å². The second kappa shape index (κ2) is 7.06. The van der Waals surface area contributed by atoms with Crippen LogP contribution in [0.5, 0.6) is 0 Å². The number of anilines is 1. The van der Waals surface area contributed by atoms with Gasteiger partial charge in [0.2, 0.25) is 11.8 Å². The number of benzene rings is 1. The molecule has 1 N–H and O–H groups in total. The van der Waals surface area contributed by atoms with Crippen LogP contribution in [0.1, 0.15) is 17.9 Å². The van der Waals surface area contributed by atoms with E-state index in [1.807, 2.05) is 42.6 Å². The number of hydrogen-bond donors (Lipinski definition) is 1. The molecule has 7 heteroatoms. The van der Waals surface area contributed by atoms with Crippen molar-refractivity contribution < 1.29 is 9.21 Å². The standard InChI is InChI=1S/C16H14BrN3O2S/c1-10-9-11(4-5-12(10)17)18-14(21)6-7-15-19-20-16(22-15)13-3-2-8-23-13/h2-5,8-9H,6-7H2,1H3,(H,18,21). The highest BCUT2D eigenvalue weighted by Crippen LogP contribution is 2.23. The minimum absolute atomic E-state index is 0.0809. The summed E-state index contributed by atoms with van der Waals surface area (Å²) in [5, 5.41) is 12.8. The molecule has 0 unspecified atom stereocenters. The van der Waals surface area contributed by atoms with Gasteiger partial charge in [0, 0.05) is 23.0 Å². The average molecular weight is 392 g/mol. The SMILES string of the molecule is Cc1cc(NC(=O)CCc2nnc(-c3cccs3)o2)ccc1Br. The van der Waals surface area contributed by atoms with E-state index in [2.05, 4.69) is 31.4 Å². The van der Waals surface area contributed by atoms with Crippen molar-refractivity contribution in [3.8, 4) is 10.8 Å². The molecular weight excluding hydrogens is 378 g/mol. The molecule has 1 aromatic carbocycles. The Hall–Kier alpha value is -1.99. The van der Waals surface area contributed by atoms with E-state index in [1.54, 1.807) is 0 Å². The van der Waals surface area contributed by atoms with E-state index in [9.17, 15) is 4.79 Å². The van der Waals surface area contributed by atoms with Crippen molar-refractivity contribution in [2.24, 2.45) is 0 Å². The van der Waals surface area contributed by atoms with Crippen molar-refractivity contribution in [2.45, 2.75) is 19.8 Å². The number of carbonyl (C=O) groups excluding carboxylic acids is 1. The maximum atomic E-state index is 12.0. The lowest BCUT2D eigenvalue weighted by Crippen LogP contribution is -2.12. The number of aryl methyl sites for hydroxylation is 2. The quantitative estimate of drug-likeness (QED) is 0.697. The number of aromatic nitrogens is 2. The van der Waals surface area contributed by atoms with Gasteiger partial charge in [0.05, 0.1) is 4.88 Å². The van der Waals surface area contributed by atoms with Gasteiger partial charge in [0.1, 0.15) is 0 Å². The summed E-state index contributed by atoms with van der Waals surface area (Å²) in [6.07, 6.45) is 0.709. The number of amides is 1. The first-order chi connectivity index (χ1) is 11.1. The summed E-state index contributed by atoms with van der Waals surface area (Å²) in [6, 6.07) is 9.54. The molecule has 0 fully saturated rings. The highest BCUT2D eigenvalue weighted by atomic mass is 79.9. The summed E-state index contributed by atoms with van der Waals surface area (Å²) in [6.45, 7) is 1.98. The summed E-state index contributed by atoms with van der Waals surface area (Å²) in [7, 11) is 0. The monoisotopic (exact) mass is 391 g/mol. The lowest BCUT2D eigenvalue weighted by atomic mass is 10.2. The molecule has 23 heavy (non-hydrogen) atoms. The Morgan fingerprint density at radius 1 is 1.35 bits per heavy atom. The molecule has 0 saturated carbocycles. The molecule has 0 aliphatic carbocycles. The Morgan fingerprint density at radius 2 is 2.22 bits per heavy atom. The van der Waals surface area contributed by atoms with Crippen LogP contribution >= 0.6 is 27.3 Å². The topological polar surface area (TPSA) is 68.0 Å². The minimum atomic E-state index is -0.0809. The fourth-order valence-corrected chi connectivity index (χ4v) is 2.91. The maximum Gasteiger partial charge on any atom is 0.257 e. The molecule has 118 valence electrons. The van der Waals surface area contributed by atoms with Crippen LogP contribution in [0, 0.1) is 6.92 Å². The van der Waals surface area contributed by atoms with Gasteiger partial charge in [0.15, 0.2) is 0 Å². The van der Waals surface area contributed by atoms with Crippen LogP contribution in [0.4, 0.5) is 5.69 Å². The second-order valence-corrected chi connectivity index (χ2v) is 6.79. The predicted molar refractivity (Wildman–Crippen MR) is 93.4 cm³/mol. The summed E-state index contributed by atoms with van der Waals surface area (Å²) >= 11 is 4.97. The van der Waals surface area contributed by atoms with Gasteiger partial charge in [0.25, 0.3) is 5.89 Å². The molecule has 0 atom stereocenters. The van der Waals surface area contributed by atoms with E-state index in [4.69, 9.17) is 4.42 Å². The van der Waals surface area contributed by atoms with E-state index in [0.29, 0.717) is 24.6 Å². The van der Waals surface area contributed by atoms with E-state index in [-0.39, 0.29) is 5.91 Å². The minimum Gasteiger partial charge on any atom is -0.420 e. The zero-order chi connectivity index (χ0) is 16.2. The van der Waals surface area contributed by atoms with E-state index in [1.165, 1.54) is 11.3 Å². The van der Waals surface area contributed by atoms with Crippen LogP contribution in [0.15, 0.2) is 44.6 Å². The molecule has 3 aromatic rings. The largest absolute Gasteiger partial charge is 0.420 e. The first-order valence-electron chi connectivity index (χ1n) is 7.04. The van der Waals surface area contributed by atoms with Crippen LogP contribution in [-0.2, 0) is 11.2 Å². The van der Waals surface area contributed by atoms with Gasteiger partial charge >= 0.3 is 0 Å². The van der Waals surface area contributed by atoms with Crippen molar-refractivity contribution in [3.05, 3.63) is 51.6 Å². The Bertz CT molecular complexity index is 815. The third-order valence-electron chi connectivity index (χ3n) is 3.21. The number of halogens is 1. The van der Waals surface area contributed by atoms with Crippen LogP contribution in [0.25, 0.3) is 10.8 Å².